The van der Waals surface area contributed by atoms with Gasteiger partial charge in [0.2, 0.25) is 0 Å². The van der Waals surface area contributed by atoms with Gasteiger partial charge in [-0.05, 0) is 18.6 Å². The molecule has 2 rings (SSSR count). The highest BCUT2D eigenvalue weighted by Gasteiger charge is 2.17. The van der Waals surface area contributed by atoms with Gasteiger partial charge in [0.1, 0.15) is 21.2 Å². The van der Waals surface area contributed by atoms with E-state index in [0.29, 0.717) is 5.52 Å². The molecular formula is C11H13F2N3O2S. The number of aromatic nitrogens is 2. The molecule has 0 bridgehead atoms. The molecule has 1 unspecified atom stereocenters. The number of nitrogens with two attached hydrogens (primary N) is 1. The number of fused-ring (bicyclic) bond motifs is 1. The summed E-state index contributed by atoms with van der Waals surface area (Å²) in [5.41, 5.74) is 5.97. The maximum absolute atomic E-state index is 13.5. The fraction of sp³-hybridized carbons (Fsp3) is 0.364. The van der Waals surface area contributed by atoms with Crippen LogP contribution in [-0.4, -0.2) is 30.4 Å². The molecular weight excluding hydrogens is 276 g/mol. The lowest BCUT2D eigenvalue weighted by Crippen LogP contribution is -2.16. The Balaban J connectivity index is 2.28. The molecule has 2 aromatic rings. The Hall–Kier alpha value is -1.54. The predicted octanol–water partition coefficient (Wildman–Crippen LogP) is 1.28. The van der Waals surface area contributed by atoms with Crippen molar-refractivity contribution in [1.29, 1.82) is 0 Å². The number of halogens is 2. The van der Waals surface area contributed by atoms with E-state index in [2.05, 4.69) is 9.97 Å². The monoisotopic (exact) mass is 289 g/mol. The summed E-state index contributed by atoms with van der Waals surface area (Å²) >= 11 is 0. The van der Waals surface area contributed by atoms with E-state index in [1.54, 1.807) is 0 Å². The molecule has 0 amide bonds. The van der Waals surface area contributed by atoms with Gasteiger partial charge in [-0.1, -0.05) is 0 Å². The zero-order valence-electron chi connectivity index (χ0n) is 10.2. The van der Waals surface area contributed by atoms with Crippen molar-refractivity contribution in [2.24, 2.45) is 5.73 Å². The topological polar surface area (TPSA) is 88.8 Å². The van der Waals surface area contributed by atoms with Crippen molar-refractivity contribution < 1.29 is 17.2 Å². The van der Waals surface area contributed by atoms with Crippen molar-refractivity contribution in [2.45, 2.75) is 12.5 Å². The summed E-state index contributed by atoms with van der Waals surface area (Å²) in [5, 5.41) is 0. The van der Waals surface area contributed by atoms with Crippen LogP contribution in [0, 0.1) is 11.6 Å². The van der Waals surface area contributed by atoms with Gasteiger partial charge in [-0.3, -0.25) is 0 Å². The first-order valence-corrected chi connectivity index (χ1v) is 7.61. The Morgan fingerprint density at radius 3 is 2.74 bits per heavy atom. The number of hydrogen-bond acceptors (Lipinski definition) is 4. The number of hydrogen-bond donors (Lipinski definition) is 2. The van der Waals surface area contributed by atoms with Crippen molar-refractivity contribution in [3.63, 3.8) is 0 Å². The SMILES string of the molecule is CS(=O)(=O)CCC(N)c1nc2c(F)c(F)ccc2[nH]1. The van der Waals surface area contributed by atoms with Gasteiger partial charge in [-0.2, -0.15) is 0 Å². The second-order valence-electron chi connectivity index (χ2n) is 4.40. The van der Waals surface area contributed by atoms with E-state index >= 15 is 0 Å². The van der Waals surface area contributed by atoms with E-state index < -0.39 is 27.5 Å². The maximum Gasteiger partial charge on any atom is 0.186 e. The summed E-state index contributed by atoms with van der Waals surface area (Å²) in [7, 11) is -3.13. The molecule has 5 nitrogen and oxygen atoms in total. The molecule has 0 saturated carbocycles. The van der Waals surface area contributed by atoms with Crippen LogP contribution in [0.15, 0.2) is 12.1 Å². The smallest absolute Gasteiger partial charge is 0.186 e. The Kier molecular flexibility index (Phi) is 3.55. The van der Waals surface area contributed by atoms with Crippen LogP contribution in [0.4, 0.5) is 8.78 Å². The average molecular weight is 289 g/mol. The van der Waals surface area contributed by atoms with Crippen molar-refractivity contribution in [3.8, 4) is 0 Å². The number of aromatic amines is 1. The van der Waals surface area contributed by atoms with Crippen LogP contribution in [0.25, 0.3) is 11.0 Å². The summed E-state index contributed by atoms with van der Waals surface area (Å²) in [6.07, 6.45) is 1.26. The van der Waals surface area contributed by atoms with Gasteiger partial charge in [0.25, 0.3) is 0 Å². The Morgan fingerprint density at radius 1 is 1.42 bits per heavy atom. The van der Waals surface area contributed by atoms with E-state index in [1.807, 2.05) is 0 Å². The highest BCUT2D eigenvalue weighted by molar-refractivity contribution is 7.90. The van der Waals surface area contributed by atoms with Crippen LogP contribution in [0.3, 0.4) is 0 Å². The van der Waals surface area contributed by atoms with Crippen molar-refractivity contribution >= 4 is 20.9 Å². The summed E-state index contributed by atoms with van der Waals surface area (Å²) in [6, 6.07) is 1.67. The molecule has 0 aliphatic carbocycles. The predicted molar refractivity (Wildman–Crippen MR) is 67.3 cm³/mol. The molecule has 1 aromatic heterocycles. The third kappa shape index (κ3) is 3.07. The molecule has 0 aliphatic heterocycles. The second kappa shape index (κ2) is 4.86. The fourth-order valence-corrected chi connectivity index (χ4v) is 2.37. The van der Waals surface area contributed by atoms with E-state index in [0.717, 1.165) is 12.3 Å². The molecule has 19 heavy (non-hydrogen) atoms. The summed E-state index contributed by atoms with van der Waals surface area (Å²) in [6.45, 7) is 0. The lowest BCUT2D eigenvalue weighted by atomic mass is 10.2. The number of imidazole rings is 1. The molecule has 0 fully saturated rings. The van der Waals surface area contributed by atoms with E-state index in [4.69, 9.17) is 5.73 Å². The van der Waals surface area contributed by atoms with Gasteiger partial charge in [0, 0.05) is 6.26 Å². The normalized spacial score (nSPS) is 13.9. The molecule has 0 radical (unpaired) electrons. The van der Waals surface area contributed by atoms with Crippen LogP contribution < -0.4 is 5.73 Å². The first kappa shape index (κ1) is 13.9. The van der Waals surface area contributed by atoms with Crippen LogP contribution >= 0.6 is 0 Å². The fourth-order valence-electron chi connectivity index (χ4n) is 1.69. The number of sulfone groups is 1. The molecule has 3 N–H and O–H groups in total. The molecule has 0 aliphatic rings. The van der Waals surface area contributed by atoms with Gasteiger partial charge >= 0.3 is 0 Å². The largest absolute Gasteiger partial charge is 0.341 e. The quantitative estimate of drug-likeness (QED) is 0.887. The zero-order chi connectivity index (χ0) is 14.2. The Bertz CT molecular complexity index is 712. The second-order valence-corrected chi connectivity index (χ2v) is 6.66. The standard InChI is InChI=1S/C11H13F2N3O2S/c1-19(17,18)5-4-7(14)11-15-8-3-2-6(12)9(13)10(8)16-11/h2-3,7H,4-5,14H2,1H3,(H,15,16). The van der Waals surface area contributed by atoms with Gasteiger partial charge in [-0.25, -0.2) is 22.2 Å². The third-order valence-corrected chi connectivity index (χ3v) is 3.69. The lowest BCUT2D eigenvalue weighted by molar-refractivity contribution is 0.515. The molecule has 1 atom stereocenters. The number of nitrogens with one attached hydrogen (secondary N) is 1. The number of nitrogens with zero attached hydrogens (tertiary/aromatic N) is 1. The summed E-state index contributed by atoms with van der Waals surface area (Å²) in [4.78, 5) is 6.65. The van der Waals surface area contributed by atoms with E-state index in [-0.39, 0.29) is 23.5 Å². The van der Waals surface area contributed by atoms with Gasteiger partial charge in [0.05, 0.1) is 17.3 Å². The average Bonchev–Trinajstić information content (AvgIpc) is 2.75. The first-order valence-electron chi connectivity index (χ1n) is 5.55. The highest BCUT2D eigenvalue weighted by atomic mass is 32.2. The molecule has 0 saturated heterocycles. The van der Waals surface area contributed by atoms with Crippen molar-refractivity contribution in [1.82, 2.24) is 9.97 Å². The first-order chi connectivity index (χ1) is 8.78. The Labute approximate surface area is 108 Å². The molecule has 1 aromatic carbocycles. The summed E-state index contributed by atoms with van der Waals surface area (Å²) in [5.74, 6) is -1.89. The van der Waals surface area contributed by atoms with Crippen molar-refractivity contribution in [2.75, 3.05) is 12.0 Å². The molecule has 104 valence electrons. The minimum absolute atomic E-state index is 0.0952. The number of rotatable bonds is 4. The van der Waals surface area contributed by atoms with Crippen LogP contribution in [0.5, 0.6) is 0 Å². The van der Waals surface area contributed by atoms with Crippen LogP contribution in [-0.2, 0) is 9.84 Å². The van der Waals surface area contributed by atoms with E-state index in [9.17, 15) is 17.2 Å². The lowest BCUT2D eigenvalue weighted by Gasteiger charge is -2.06. The number of H-pyrrole nitrogens is 1. The molecule has 1 heterocycles. The highest BCUT2D eigenvalue weighted by Crippen LogP contribution is 2.21. The molecule has 8 heteroatoms. The minimum atomic E-state index is -3.13. The maximum atomic E-state index is 13.5. The van der Waals surface area contributed by atoms with Crippen molar-refractivity contribution in [3.05, 3.63) is 29.6 Å². The third-order valence-electron chi connectivity index (χ3n) is 2.71. The van der Waals surface area contributed by atoms with Crippen LogP contribution in [0.1, 0.15) is 18.3 Å². The summed E-state index contributed by atoms with van der Waals surface area (Å²) < 4.78 is 48.6. The number of benzene rings is 1. The van der Waals surface area contributed by atoms with Gasteiger partial charge < -0.3 is 10.7 Å². The molecule has 0 spiro atoms. The van der Waals surface area contributed by atoms with E-state index in [1.165, 1.54) is 6.07 Å². The van der Waals surface area contributed by atoms with Gasteiger partial charge in [0.15, 0.2) is 11.6 Å². The zero-order valence-corrected chi connectivity index (χ0v) is 11.0. The van der Waals surface area contributed by atoms with Crippen LogP contribution in [0.2, 0.25) is 0 Å². The Morgan fingerprint density at radius 2 is 2.11 bits per heavy atom. The minimum Gasteiger partial charge on any atom is -0.341 e. The van der Waals surface area contributed by atoms with Gasteiger partial charge in [-0.15, -0.1) is 0 Å².